The minimum absolute atomic E-state index is 0.306. The van der Waals surface area contributed by atoms with Crippen LogP contribution in [0.15, 0.2) is 60.8 Å². The average molecular weight is 306 g/mol. The largest absolute Gasteiger partial charge is 0.465 e. The summed E-state index contributed by atoms with van der Waals surface area (Å²) in [4.78, 5) is 28.6. The summed E-state index contributed by atoms with van der Waals surface area (Å²) in [5.74, 6) is -0.805. The van der Waals surface area contributed by atoms with Gasteiger partial charge in [-0.2, -0.15) is 0 Å². The number of ether oxygens (including phenoxy) is 1. The molecule has 0 radical (unpaired) electrons. The number of amides is 1. The topological polar surface area (TPSA) is 68.3 Å². The molecular weight excluding hydrogens is 292 g/mol. The fourth-order valence-corrected chi connectivity index (χ4v) is 2.36. The zero-order valence-electron chi connectivity index (χ0n) is 12.4. The molecule has 1 N–H and O–H groups in total. The van der Waals surface area contributed by atoms with Crippen LogP contribution in [-0.2, 0) is 4.74 Å². The van der Waals surface area contributed by atoms with Gasteiger partial charge < -0.3 is 10.1 Å². The first kappa shape index (κ1) is 14.7. The zero-order valence-corrected chi connectivity index (χ0v) is 12.4. The fraction of sp³-hybridized carbons (Fsp3) is 0.0556. The van der Waals surface area contributed by atoms with E-state index in [0.29, 0.717) is 16.8 Å². The number of para-hydroxylation sites is 2. The van der Waals surface area contributed by atoms with Gasteiger partial charge in [-0.3, -0.25) is 9.78 Å². The lowest BCUT2D eigenvalue weighted by molar-refractivity contribution is 0.0602. The Kier molecular flexibility index (Phi) is 4.01. The van der Waals surface area contributed by atoms with Crippen molar-refractivity contribution in [3.63, 3.8) is 0 Å². The Bertz CT molecular complexity index is 885. The standard InChI is InChI=1S/C18H14N2O3/c1-23-18(22)14-7-3-5-9-16(14)20-17(21)13-10-11-19-15-8-4-2-6-12(13)15/h2-11H,1H3,(H,20,21). The highest BCUT2D eigenvalue weighted by atomic mass is 16.5. The van der Waals surface area contributed by atoms with Gasteiger partial charge in [0.05, 0.1) is 29.4 Å². The van der Waals surface area contributed by atoms with Gasteiger partial charge in [0.1, 0.15) is 0 Å². The van der Waals surface area contributed by atoms with Crippen molar-refractivity contribution in [2.24, 2.45) is 0 Å². The van der Waals surface area contributed by atoms with Crippen LogP contribution < -0.4 is 5.32 Å². The highest BCUT2D eigenvalue weighted by molar-refractivity contribution is 6.13. The molecule has 0 aliphatic carbocycles. The van der Waals surface area contributed by atoms with Crippen molar-refractivity contribution in [3.05, 3.63) is 71.9 Å². The lowest BCUT2D eigenvalue weighted by atomic mass is 10.1. The molecule has 0 bridgehead atoms. The maximum Gasteiger partial charge on any atom is 0.339 e. The van der Waals surface area contributed by atoms with E-state index in [-0.39, 0.29) is 5.91 Å². The van der Waals surface area contributed by atoms with Gasteiger partial charge in [-0.15, -0.1) is 0 Å². The maximum atomic E-state index is 12.6. The van der Waals surface area contributed by atoms with E-state index in [2.05, 4.69) is 10.3 Å². The molecule has 1 heterocycles. The number of methoxy groups -OCH3 is 1. The molecule has 0 atom stereocenters. The van der Waals surface area contributed by atoms with Gasteiger partial charge >= 0.3 is 5.97 Å². The smallest absolute Gasteiger partial charge is 0.339 e. The number of nitrogens with one attached hydrogen (secondary N) is 1. The van der Waals surface area contributed by atoms with Crippen molar-refractivity contribution in [1.29, 1.82) is 0 Å². The van der Waals surface area contributed by atoms with Crippen LogP contribution in [0.3, 0.4) is 0 Å². The lowest BCUT2D eigenvalue weighted by Gasteiger charge is -2.10. The average Bonchev–Trinajstić information content (AvgIpc) is 2.61. The summed E-state index contributed by atoms with van der Waals surface area (Å²) in [6.45, 7) is 0. The minimum Gasteiger partial charge on any atom is -0.465 e. The van der Waals surface area contributed by atoms with Crippen LogP contribution in [0.4, 0.5) is 5.69 Å². The molecule has 2 aromatic carbocycles. The van der Waals surface area contributed by atoms with Crippen molar-refractivity contribution < 1.29 is 14.3 Å². The number of hydrogen-bond acceptors (Lipinski definition) is 4. The molecule has 5 nitrogen and oxygen atoms in total. The summed E-state index contributed by atoms with van der Waals surface area (Å²) in [6, 6.07) is 15.8. The Morgan fingerprint density at radius 2 is 1.70 bits per heavy atom. The number of carbonyl (C=O) groups is 2. The molecule has 1 amide bonds. The number of aromatic nitrogens is 1. The van der Waals surface area contributed by atoms with Crippen molar-refractivity contribution in [2.45, 2.75) is 0 Å². The Hall–Kier alpha value is -3.21. The summed E-state index contributed by atoms with van der Waals surface area (Å²) in [6.07, 6.45) is 1.59. The maximum absolute atomic E-state index is 12.6. The predicted octanol–water partition coefficient (Wildman–Crippen LogP) is 3.27. The van der Waals surface area contributed by atoms with Crippen LogP contribution in [0.25, 0.3) is 10.9 Å². The van der Waals surface area contributed by atoms with Crippen LogP contribution in [0.2, 0.25) is 0 Å². The van der Waals surface area contributed by atoms with Gasteiger partial charge in [0, 0.05) is 11.6 Å². The van der Waals surface area contributed by atoms with Crippen molar-refractivity contribution >= 4 is 28.5 Å². The molecule has 3 rings (SSSR count). The first-order valence-corrected chi connectivity index (χ1v) is 7.03. The summed E-state index contributed by atoms with van der Waals surface area (Å²) in [7, 11) is 1.30. The number of rotatable bonds is 3. The van der Waals surface area contributed by atoms with E-state index in [9.17, 15) is 9.59 Å². The minimum atomic E-state index is -0.500. The predicted molar refractivity (Wildman–Crippen MR) is 87.5 cm³/mol. The van der Waals surface area contributed by atoms with Crippen LogP contribution in [0, 0.1) is 0 Å². The van der Waals surface area contributed by atoms with Gasteiger partial charge in [0.25, 0.3) is 5.91 Å². The molecule has 114 valence electrons. The van der Waals surface area contributed by atoms with Crippen molar-refractivity contribution in [3.8, 4) is 0 Å². The number of esters is 1. The summed E-state index contributed by atoms with van der Waals surface area (Å²) >= 11 is 0. The highest BCUT2D eigenvalue weighted by Gasteiger charge is 2.15. The first-order valence-electron chi connectivity index (χ1n) is 7.03. The molecule has 0 aliphatic rings. The Morgan fingerprint density at radius 3 is 2.52 bits per heavy atom. The normalized spacial score (nSPS) is 10.3. The Balaban J connectivity index is 1.98. The molecular formula is C18H14N2O3. The van der Waals surface area contributed by atoms with Gasteiger partial charge in [-0.1, -0.05) is 30.3 Å². The molecule has 0 fully saturated rings. The number of nitrogens with zero attached hydrogens (tertiary/aromatic N) is 1. The number of anilines is 1. The van der Waals surface area contributed by atoms with Crippen LogP contribution >= 0.6 is 0 Å². The molecule has 0 spiro atoms. The molecule has 3 aromatic rings. The second-order valence-electron chi connectivity index (χ2n) is 4.87. The van der Waals surface area contributed by atoms with E-state index in [4.69, 9.17) is 4.74 Å². The van der Waals surface area contributed by atoms with Gasteiger partial charge in [-0.05, 0) is 24.3 Å². The third kappa shape index (κ3) is 2.89. The Labute approximate surface area is 132 Å². The second kappa shape index (κ2) is 6.27. The monoisotopic (exact) mass is 306 g/mol. The molecule has 23 heavy (non-hydrogen) atoms. The first-order chi connectivity index (χ1) is 11.2. The summed E-state index contributed by atoms with van der Waals surface area (Å²) < 4.78 is 4.73. The van der Waals surface area contributed by atoms with E-state index in [0.717, 1.165) is 10.9 Å². The van der Waals surface area contributed by atoms with E-state index < -0.39 is 5.97 Å². The van der Waals surface area contributed by atoms with Crippen LogP contribution in [-0.4, -0.2) is 24.0 Å². The lowest BCUT2D eigenvalue weighted by Crippen LogP contribution is -2.15. The van der Waals surface area contributed by atoms with E-state index in [1.807, 2.05) is 24.3 Å². The van der Waals surface area contributed by atoms with Crippen molar-refractivity contribution in [2.75, 3.05) is 12.4 Å². The van der Waals surface area contributed by atoms with E-state index in [1.165, 1.54) is 7.11 Å². The van der Waals surface area contributed by atoms with E-state index in [1.54, 1.807) is 36.5 Å². The molecule has 0 aliphatic heterocycles. The molecule has 5 heteroatoms. The SMILES string of the molecule is COC(=O)c1ccccc1NC(=O)c1ccnc2ccccc12. The second-order valence-corrected chi connectivity index (χ2v) is 4.87. The van der Waals surface area contributed by atoms with E-state index >= 15 is 0 Å². The zero-order chi connectivity index (χ0) is 16.2. The van der Waals surface area contributed by atoms with Gasteiger partial charge in [0.2, 0.25) is 0 Å². The number of benzene rings is 2. The quantitative estimate of drug-likeness (QED) is 0.754. The molecule has 0 saturated heterocycles. The number of carbonyl (C=O) groups excluding carboxylic acids is 2. The van der Waals surface area contributed by atoms with Crippen LogP contribution in [0.5, 0.6) is 0 Å². The van der Waals surface area contributed by atoms with Gasteiger partial charge in [0.15, 0.2) is 0 Å². The highest BCUT2D eigenvalue weighted by Crippen LogP contribution is 2.20. The molecule has 1 aromatic heterocycles. The number of fused-ring (bicyclic) bond motifs is 1. The number of hydrogen-bond donors (Lipinski definition) is 1. The molecule has 0 unspecified atom stereocenters. The third-order valence-electron chi connectivity index (χ3n) is 3.47. The van der Waals surface area contributed by atoms with Gasteiger partial charge in [-0.25, -0.2) is 4.79 Å². The molecule has 0 saturated carbocycles. The van der Waals surface area contributed by atoms with Crippen LogP contribution in [0.1, 0.15) is 20.7 Å². The summed E-state index contributed by atoms with van der Waals surface area (Å²) in [5.41, 5.74) is 1.95. The van der Waals surface area contributed by atoms with Crippen molar-refractivity contribution in [1.82, 2.24) is 4.98 Å². The summed E-state index contributed by atoms with van der Waals surface area (Å²) in [5, 5.41) is 3.52. The third-order valence-corrected chi connectivity index (χ3v) is 3.47. The number of pyridine rings is 1. The fourth-order valence-electron chi connectivity index (χ4n) is 2.36. The Morgan fingerprint density at radius 1 is 0.957 bits per heavy atom.